The minimum Gasteiger partial charge on any atom is -0.348 e. The number of nitrogens with zero attached hydrogens (tertiary/aromatic N) is 2. The third-order valence-electron chi connectivity index (χ3n) is 2.24. The topological polar surface area (TPSA) is 31.9 Å². The first-order valence-corrected chi connectivity index (χ1v) is 5.42. The number of hydrogen-bond donors (Lipinski definition) is 1. The van der Waals surface area contributed by atoms with Crippen LogP contribution in [-0.4, -0.2) is 24.1 Å². The van der Waals surface area contributed by atoms with Gasteiger partial charge in [0.15, 0.2) is 0 Å². The number of aromatic amines is 1. The zero-order valence-electron chi connectivity index (χ0n) is 9.27. The Bertz CT molecular complexity index is 531. The van der Waals surface area contributed by atoms with Gasteiger partial charge in [-0.1, -0.05) is 42.5 Å². The molecule has 1 heterocycles. The molecule has 0 saturated carbocycles. The fourth-order valence-corrected chi connectivity index (χ4v) is 1.63. The van der Waals surface area contributed by atoms with Crippen LogP contribution in [0.1, 0.15) is 0 Å². The summed E-state index contributed by atoms with van der Waals surface area (Å²) in [4.78, 5) is 9.40. The Morgan fingerprint density at radius 2 is 1.88 bits per heavy atom. The molecule has 3 nitrogen and oxygen atoms in total. The Balaban J connectivity index is 2.54. The van der Waals surface area contributed by atoms with Gasteiger partial charge in [0.25, 0.3) is 0 Å². The molecule has 0 unspecified atom stereocenters. The van der Waals surface area contributed by atoms with Gasteiger partial charge in [0.2, 0.25) is 5.95 Å². The van der Waals surface area contributed by atoms with Crippen LogP contribution in [0.3, 0.4) is 0 Å². The van der Waals surface area contributed by atoms with Crippen molar-refractivity contribution >= 4 is 18.2 Å². The van der Waals surface area contributed by atoms with Crippen molar-refractivity contribution in [3.8, 4) is 11.3 Å². The second-order valence-electron chi connectivity index (χ2n) is 3.72. The standard InChI is InChI=1S/C12H13N3S/c1-15(2)12-13-10(8-11(16)14-12)9-6-4-3-5-7-9/h3-8H,1-2H3,(H,13,14,16). The number of nitrogens with one attached hydrogen (secondary N) is 1. The second-order valence-corrected chi connectivity index (χ2v) is 4.14. The first kappa shape index (κ1) is 10.8. The fourth-order valence-electron chi connectivity index (χ4n) is 1.43. The molecule has 2 rings (SSSR count). The second kappa shape index (κ2) is 4.45. The van der Waals surface area contributed by atoms with Crippen LogP contribution in [0, 0.1) is 4.64 Å². The summed E-state index contributed by atoms with van der Waals surface area (Å²) in [6, 6.07) is 12.0. The predicted octanol–water partition coefficient (Wildman–Crippen LogP) is 2.87. The van der Waals surface area contributed by atoms with Crippen LogP contribution in [0.4, 0.5) is 5.95 Å². The number of anilines is 1. The summed E-state index contributed by atoms with van der Waals surface area (Å²) >= 11 is 5.15. The SMILES string of the molecule is CN(C)c1nc(=S)cc(-c2ccccc2)[nH]1. The summed E-state index contributed by atoms with van der Waals surface area (Å²) in [5, 5.41) is 0. The average molecular weight is 231 g/mol. The number of hydrogen-bond acceptors (Lipinski definition) is 3. The highest BCUT2D eigenvalue weighted by Crippen LogP contribution is 2.18. The summed E-state index contributed by atoms with van der Waals surface area (Å²) in [6.45, 7) is 0. The number of rotatable bonds is 2. The van der Waals surface area contributed by atoms with Crippen molar-refractivity contribution in [2.45, 2.75) is 0 Å². The van der Waals surface area contributed by atoms with E-state index >= 15 is 0 Å². The minimum atomic E-state index is 0.598. The van der Waals surface area contributed by atoms with E-state index in [0.29, 0.717) is 4.64 Å². The average Bonchev–Trinajstić information content (AvgIpc) is 2.29. The van der Waals surface area contributed by atoms with Crippen molar-refractivity contribution in [3.05, 3.63) is 41.0 Å². The molecule has 0 fully saturated rings. The van der Waals surface area contributed by atoms with E-state index in [1.165, 1.54) is 0 Å². The van der Waals surface area contributed by atoms with E-state index in [9.17, 15) is 0 Å². The van der Waals surface area contributed by atoms with Crippen molar-refractivity contribution in [3.63, 3.8) is 0 Å². The summed E-state index contributed by atoms with van der Waals surface area (Å²) in [5.41, 5.74) is 2.10. The normalized spacial score (nSPS) is 10.1. The number of benzene rings is 1. The zero-order valence-corrected chi connectivity index (χ0v) is 10.1. The van der Waals surface area contributed by atoms with Gasteiger partial charge in [-0.05, 0) is 11.6 Å². The van der Waals surface area contributed by atoms with Gasteiger partial charge in [0, 0.05) is 14.1 Å². The molecular formula is C12H13N3S. The smallest absolute Gasteiger partial charge is 0.204 e. The minimum absolute atomic E-state index is 0.598. The van der Waals surface area contributed by atoms with Gasteiger partial charge in [-0.15, -0.1) is 0 Å². The number of aromatic nitrogens is 2. The maximum Gasteiger partial charge on any atom is 0.204 e. The Labute approximate surface area is 99.8 Å². The van der Waals surface area contributed by atoms with Crippen molar-refractivity contribution in [1.82, 2.24) is 9.97 Å². The lowest BCUT2D eigenvalue weighted by Gasteiger charge is -2.12. The molecule has 0 spiro atoms. The van der Waals surface area contributed by atoms with Crippen LogP contribution >= 0.6 is 12.2 Å². The lowest BCUT2D eigenvalue weighted by atomic mass is 10.1. The summed E-state index contributed by atoms with van der Waals surface area (Å²) in [5.74, 6) is 0.770. The van der Waals surface area contributed by atoms with Crippen LogP contribution in [0.15, 0.2) is 36.4 Å². The Morgan fingerprint density at radius 1 is 1.19 bits per heavy atom. The van der Waals surface area contributed by atoms with E-state index in [0.717, 1.165) is 17.2 Å². The van der Waals surface area contributed by atoms with Crippen molar-refractivity contribution < 1.29 is 0 Å². The highest BCUT2D eigenvalue weighted by atomic mass is 32.1. The van der Waals surface area contributed by atoms with Gasteiger partial charge < -0.3 is 9.88 Å². The summed E-state index contributed by atoms with van der Waals surface area (Å²) in [7, 11) is 3.87. The molecule has 4 heteroatoms. The van der Waals surface area contributed by atoms with Crippen molar-refractivity contribution in [1.29, 1.82) is 0 Å². The largest absolute Gasteiger partial charge is 0.348 e. The molecular weight excluding hydrogens is 218 g/mol. The van der Waals surface area contributed by atoms with Gasteiger partial charge in [0.1, 0.15) is 4.64 Å². The predicted molar refractivity (Wildman–Crippen MR) is 69.2 cm³/mol. The van der Waals surface area contributed by atoms with E-state index in [1.54, 1.807) is 0 Å². The third-order valence-corrected chi connectivity index (χ3v) is 2.45. The Morgan fingerprint density at radius 3 is 2.50 bits per heavy atom. The van der Waals surface area contributed by atoms with Crippen LogP contribution in [0.2, 0.25) is 0 Å². The van der Waals surface area contributed by atoms with Crippen molar-refractivity contribution in [2.75, 3.05) is 19.0 Å². The molecule has 0 saturated heterocycles. The maximum atomic E-state index is 5.15. The third kappa shape index (κ3) is 2.28. The molecule has 0 amide bonds. The van der Waals surface area contributed by atoms with Gasteiger partial charge in [-0.25, -0.2) is 4.98 Å². The lowest BCUT2D eigenvalue weighted by Crippen LogP contribution is -2.13. The van der Waals surface area contributed by atoms with Gasteiger partial charge >= 0.3 is 0 Å². The van der Waals surface area contributed by atoms with Gasteiger partial charge in [0.05, 0.1) is 5.69 Å². The van der Waals surface area contributed by atoms with Crippen molar-refractivity contribution in [2.24, 2.45) is 0 Å². The molecule has 0 aliphatic heterocycles. The first-order chi connectivity index (χ1) is 7.66. The first-order valence-electron chi connectivity index (χ1n) is 5.01. The van der Waals surface area contributed by atoms with Gasteiger partial charge in [-0.2, -0.15) is 0 Å². The molecule has 0 aliphatic rings. The van der Waals surface area contributed by atoms with E-state index < -0.39 is 0 Å². The molecule has 2 aromatic rings. The van der Waals surface area contributed by atoms with E-state index in [-0.39, 0.29) is 0 Å². The highest BCUT2D eigenvalue weighted by Gasteiger charge is 2.02. The molecule has 1 aromatic carbocycles. The molecule has 0 aliphatic carbocycles. The monoisotopic (exact) mass is 231 g/mol. The molecule has 1 N–H and O–H groups in total. The van der Waals surface area contributed by atoms with Crippen LogP contribution < -0.4 is 4.90 Å². The lowest BCUT2D eigenvalue weighted by molar-refractivity contribution is 0.996. The summed E-state index contributed by atoms with van der Waals surface area (Å²) < 4.78 is 0.598. The molecule has 1 aromatic heterocycles. The van der Waals surface area contributed by atoms with Crippen LogP contribution in [0.25, 0.3) is 11.3 Å². The van der Waals surface area contributed by atoms with E-state index in [1.807, 2.05) is 55.4 Å². The fraction of sp³-hybridized carbons (Fsp3) is 0.167. The van der Waals surface area contributed by atoms with E-state index in [2.05, 4.69) is 9.97 Å². The molecule has 0 atom stereocenters. The molecule has 0 bridgehead atoms. The maximum absolute atomic E-state index is 5.15. The van der Waals surface area contributed by atoms with Gasteiger partial charge in [-0.3, -0.25) is 0 Å². The van der Waals surface area contributed by atoms with Crippen LogP contribution in [0.5, 0.6) is 0 Å². The quantitative estimate of drug-likeness (QED) is 0.806. The number of H-pyrrole nitrogens is 1. The molecule has 82 valence electrons. The molecule has 0 radical (unpaired) electrons. The Hall–Kier alpha value is -1.68. The molecule has 16 heavy (non-hydrogen) atoms. The van der Waals surface area contributed by atoms with Crippen LogP contribution in [-0.2, 0) is 0 Å². The Kier molecular flexibility index (Phi) is 3.01. The van der Waals surface area contributed by atoms with E-state index in [4.69, 9.17) is 12.2 Å². The highest BCUT2D eigenvalue weighted by molar-refractivity contribution is 7.71. The summed E-state index contributed by atoms with van der Waals surface area (Å²) in [6.07, 6.45) is 0. The zero-order chi connectivity index (χ0) is 11.5.